The van der Waals surface area contributed by atoms with Gasteiger partial charge in [0.2, 0.25) is 5.88 Å². The van der Waals surface area contributed by atoms with Crippen LogP contribution in [0.3, 0.4) is 0 Å². The monoisotopic (exact) mass is 233 g/mol. The quantitative estimate of drug-likeness (QED) is 0.406. The van der Waals surface area contributed by atoms with Gasteiger partial charge in [0.05, 0.1) is 7.11 Å². The number of hydrogen-bond acceptors (Lipinski definition) is 5. The van der Waals surface area contributed by atoms with Crippen molar-refractivity contribution in [1.29, 1.82) is 5.26 Å². The average molecular weight is 233 g/mol. The van der Waals surface area contributed by atoms with Gasteiger partial charge in [-0.15, -0.1) is 0 Å². The third-order valence-corrected chi connectivity index (χ3v) is 1.95. The molecule has 1 aromatic rings. The number of benzene rings is 1. The first-order valence-corrected chi connectivity index (χ1v) is 4.62. The van der Waals surface area contributed by atoms with Crippen LogP contribution in [0.4, 0.5) is 5.69 Å². The van der Waals surface area contributed by atoms with E-state index in [0.29, 0.717) is 11.4 Å². The standard InChI is InChI=1S/C11H11N3O3/c1-17-8-4-2-7(3-5-8)14-11(16)9(6-12)10(13)15/h2-5,14,16H,1H3,(H2,13,15)/b11-9-. The molecule has 4 N–H and O–H groups in total. The lowest BCUT2D eigenvalue weighted by Crippen LogP contribution is -2.17. The first-order chi connectivity index (χ1) is 8.08. The number of amides is 1. The third kappa shape index (κ3) is 3.14. The van der Waals surface area contributed by atoms with E-state index in [1.54, 1.807) is 24.3 Å². The Morgan fingerprint density at radius 3 is 2.47 bits per heavy atom. The minimum Gasteiger partial charge on any atom is -0.497 e. The molecule has 0 atom stereocenters. The van der Waals surface area contributed by atoms with Gasteiger partial charge in [0, 0.05) is 5.69 Å². The largest absolute Gasteiger partial charge is 0.497 e. The first-order valence-electron chi connectivity index (χ1n) is 4.62. The van der Waals surface area contributed by atoms with Crippen molar-refractivity contribution in [2.45, 2.75) is 0 Å². The van der Waals surface area contributed by atoms with Crippen LogP contribution in [0.2, 0.25) is 0 Å². The van der Waals surface area contributed by atoms with E-state index in [4.69, 9.17) is 15.7 Å². The number of ether oxygens (including phenoxy) is 1. The highest BCUT2D eigenvalue weighted by atomic mass is 16.5. The maximum absolute atomic E-state index is 10.8. The average Bonchev–Trinajstić information content (AvgIpc) is 2.30. The molecule has 0 radical (unpaired) electrons. The van der Waals surface area contributed by atoms with Crippen molar-refractivity contribution in [3.63, 3.8) is 0 Å². The molecule has 1 rings (SSSR count). The van der Waals surface area contributed by atoms with Crippen molar-refractivity contribution in [2.24, 2.45) is 5.73 Å². The number of nitriles is 1. The number of nitrogens with two attached hydrogens (primary N) is 1. The Kier molecular flexibility index (Phi) is 3.95. The Morgan fingerprint density at radius 1 is 1.47 bits per heavy atom. The summed E-state index contributed by atoms with van der Waals surface area (Å²) in [4.78, 5) is 10.8. The molecule has 0 saturated heterocycles. The lowest BCUT2D eigenvalue weighted by Gasteiger charge is -2.06. The number of nitrogens with one attached hydrogen (secondary N) is 1. The highest BCUT2D eigenvalue weighted by molar-refractivity contribution is 5.96. The number of nitrogens with zero attached hydrogens (tertiary/aromatic N) is 1. The molecule has 88 valence electrons. The number of methoxy groups -OCH3 is 1. The molecule has 0 unspecified atom stereocenters. The molecule has 0 fully saturated rings. The van der Waals surface area contributed by atoms with Crippen molar-refractivity contribution in [1.82, 2.24) is 0 Å². The Labute approximate surface area is 97.9 Å². The molecule has 6 nitrogen and oxygen atoms in total. The van der Waals surface area contributed by atoms with E-state index in [1.165, 1.54) is 13.2 Å². The fraction of sp³-hybridized carbons (Fsp3) is 0.0909. The predicted octanol–water partition coefficient (Wildman–Crippen LogP) is 0.886. The zero-order valence-corrected chi connectivity index (χ0v) is 9.10. The summed E-state index contributed by atoms with van der Waals surface area (Å²) in [7, 11) is 1.53. The van der Waals surface area contributed by atoms with Crippen LogP contribution in [0.5, 0.6) is 5.75 Å². The third-order valence-electron chi connectivity index (χ3n) is 1.95. The van der Waals surface area contributed by atoms with Gasteiger partial charge in [-0.25, -0.2) is 0 Å². The van der Waals surface area contributed by atoms with Gasteiger partial charge in [0.15, 0.2) is 5.57 Å². The zero-order chi connectivity index (χ0) is 12.8. The molecule has 1 aromatic carbocycles. The highest BCUT2D eigenvalue weighted by Gasteiger charge is 2.11. The van der Waals surface area contributed by atoms with Crippen LogP contribution in [0.25, 0.3) is 0 Å². The van der Waals surface area contributed by atoms with Crippen LogP contribution in [0.1, 0.15) is 0 Å². The van der Waals surface area contributed by atoms with Crippen LogP contribution in [-0.2, 0) is 4.79 Å². The summed E-state index contributed by atoms with van der Waals surface area (Å²) in [6.07, 6.45) is 0. The molecular formula is C11H11N3O3. The molecule has 1 amide bonds. The zero-order valence-electron chi connectivity index (χ0n) is 9.10. The van der Waals surface area contributed by atoms with Gasteiger partial charge < -0.3 is 20.9 Å². The van der Waals surface area contributed by atoms with Gasteiger partial charge in [-0.2, -0.15) is 5.26 Å². The molecule has 0 aromatic heterocycles. The highest BCUT2D eigenvalue weighted by Crippen LogP contribution is 2.16. The summed E-state index contributed by atoms with van der Waals surface area (Å²) >= 11 is 0. The molecule has 17 heavy (non-hydrogen) atoms. The minimum absolute atomic E-state index is 0.498. The Balaban J connectivity index is 2.91. The molecule has 0 aliphatic rings. The summed E-state index contributed by atoms with van der Waals surface area (Å²) in [6.45, 7) is 0. The van der Waals surface area contributed by atoms with Gasteiger partial charge in [-0.05, 0) is 24.3 Å². The van der Waals surface area contributed by atoms with Crippen molar-refractivity contribution in [3.8, 4) is 11.8 Å². The van der Waals surface area contributed by atoms with Gasteiger partial charge in [-0.3, -0.25) is 4.79 Å². The van der Waals surface area contributed by atoms with Crippen LogP contribution >= 0.6 is 0 Å². The van der Waals surface area contributed by atoms with Crippen molar-refractivity contribution < 1.29 is 14.6 Å². The number of aliphatic hydroxyl groups excluding tert-OH is 1. The van der Waals surface area contributed by atoms with Crippen LogP contribution in [0, 0.1) is 11.3 Å². The number of anilines is 1. The summed E-state index contributed by atoms with van der Waals surface area (Å²) in [5.41, 5.74) is 4.88. The van der Waals surface area contributed by atoms with Crippen molar-refractivity contribution in [3.05, 3.63) is 35.7 Å². The van der Waals surface area contributed by atoms with Crippen molar-refractivity contribution in [2.75, 3.05) is 12.4 Å². The van der Waals surface area contributed by atoms with E-state index in [1.807, 2.05) is 0 Å². The second kappa shape index (κ2) is 5.42. The molecule has 6 heteroatoms. The molecule has 0 saturated carbocycles. The van der Waals surface area contributed by atoms with Crippen molar-refractivity contribution >= 4 is 11.6 Å². The summed E-state index contributed by atoms with van der Waals surface area (Å²) in [6, 6.07) is 8.06. The lowest BCUT2D eigenvalue weighted by atomic mass is 10.2. The number of carbonyl (C=O) groups is 1. The maximum Gasteiger partial charge on any atom is 0.264 e. The molecule has 0 heterocycles. The molecule has 0 spiro atoms. The first kappa shape index (κ1) is 12.4. The van der Waals surface area contributed by atoms with E-state index < -0.39 is 17.4 Å². The second-order valence-electron chi connectivity index (χ2n) is 3.05. The van der Waals surface area contributed by atoms with Gasteiger partial charge in [0.1, 0.15) is 11.8 Å². The Bertz CT molecular complexity index is 486. The minimum atomic E-state index is -0.994. The summed E-state index contributed by atoms with van der Waals surface area (Å²) in [5.74, 6) is -0.925. The van der Waals surface area contributed by atoms with E-state index in [9.17, 15) is 9.90 Å². The predicted molar refractivity (Wildman–Crippen MR) is 61.1 cm³/mol. The number of carbonyl (C=O) groups excluding carboxylic acids is 1. The number of primary amides is 1. The fourth-order valence-corrected chi connectivity index (χ4v) is 1.10. The number of aliphatic hydroxyl groups is 1. The maximum atomic E-state index is 10.8. The lowest BCUT2D eigenvalue weighted by molar-refractivity contribution is -0.114. The summed E-state index contributed by atoms with van der Waals surface area (Å²) in [5, 5.41) is 20.6. The SMILES string of the molecule is COc1ccc(N/C(O)=C(\C#N)C(N)=O)cc1. The van der Waals surface area contributed by atoms with E-state index >= 15 is 0 Å². The fourth-order valence-electron chi connectivity index (χ4n) is 1.10. The topological polar surface area (TPSA) is 108 Å². The van der Waals surface area contributed by atoms with E-state index in [0.717, 1.165) is 0 Å². The second-order valence-corrected chi connectivity index (χ2v) is 3.05. The molecule has 0 bridgehead atoms. The van der Waals surface area contributed by atoms with E-state index in [-0.39, 0.29) is 0 Å². The van der Waals surface area contributed by atoms with Gasteiger partial charge >= 0.3 is 0 Å². The normalized spacial score (nSPS) is 11.1. The molecular weight excluding hydrogens is 222 g/mol. The summed E-state index contributed by atoms with van der Waals surface area (Å²) < 4.78 is 4.95. The van der Waals surface area contributed by atoms with Crippen LogP contribution < -0.4 is 15.8 Å². The molecule has 0 aliphatic carbocycles. The van der Waals surface area contributed by atoms with Gasteiger partial charge in [-0.1, -0.05) is 0 Å². The smallest absolute Gasteiger partial charge is 0.264 e. The van der Waals surface area contributed by atoms with Gasteiger partial charge in [0.25, 0.3) is 5.91 Å². The van der Waals surface area contributed by atoms with E-state index in [2.05, 4.69) is 5.32 Å². The van der Waals surface area contributed by atoms with Crippen LogP contribution in [-0.4, -0.2) is 18.1 Å². The van der Waals surface area contributed by atoms with Crippen LogP contribution in [0.15, 0.2) is 35.7 Å². The Hall–Kier alpha value is -2.68. The number of rotatable bonds is 4. The number of hydrogen-bond donors (Lipinski definition) is 3. The molecule has 0 aliphatic heterocycles. The Morgan fingerprint density at radius 2 is 2.06 bits per heavy atom.